The minimum atomic E-state index is -0.230. The molecule has 0 unspecified atom stereocenters. The van der Waals surface area contributed by atoms with Crippen LogP contribution in [-0.4, -0.2) is 4.98 Å². The van der Waals surface area contributed by atoms with Crippen molar-refractivity contribution in [3.8, 4) is 0 Å². The zero-order chi connectivity index (χ0) is 13.7. The third-order valence-electron chi connectivity index (χ3n) is 3.00. The van der Waals surface area contributed by atoms with Gasteiger partial charge in [0.05, 0.1) is 10.2 Å². The van der Waals surface area contributed by atoms with Crippen molar-refractivity contribution in [2.75, 3.05) is 0 Å². The standard InChI is InChI=1S/C15H16BrFN2/c1-2-11-6-4-8-19-14(11)10-18-9-12-5-3-7-13(17)15(12)16/h3-8,18H,2,9-10H2,1H3. The first-order chi connectivity index (χ1) is 9.22. The summed E-state index contributed by atoms with van der Waals surface area (Å²) < 4.78 is 13.9. The molecule has 0 atom stereocenters. The average Bonchev–Trinajstić information content (AvgIpc) is 2.44. The molecule has 0 aliphatic rings. The number of hydrogen-bond acceptors (Lipinski definition) is 2. The van der Waals surface area contributed by atoms with Crippen LogP contribution in [0.4, 0.5) is 4.39 Å². The SMILES string of the molecule is CCc1cccnc1CNCc1cccc(F)c1Br. The first-order valence-electron chi connectivity index (χ1n) is 6.28. The molecule has 0 amide bonds. The van der Waals surface area contributed by atoms with Gasteiger partial charge >= 0.3 is 0 Å². The van der Waals surface area contributed by atoms with Crippen molar-refractivity contribution < 1.29 is 4.39 Å². The van der Waals surface area contributed by atoms with Crippen molar-refractivity contribution in [2.24, 2.45) is 0 Å². The second-order valence-electron chi connectivity index (χ2n) is 4.28. The summed E-state index contributed by atoms with van der Waals surface area (Å²) in [6, 6.07) is 9.10. The Morgan fingerprint density at radius 1 is 1.16 bits per heavy atom. The van der Waals surface area contributed by atoms with Crippen LogP contribution in [0.15, 0.2) is 41.0 Å². The highest BCUT2D eigenvalue weighted by atomic mass is 79.9. The molecule has 100 valence electrons. The summed E-state index contributed by atoms with van der Waals surface area (Å²) in [5.74, 6) is -0.230. The van der Waals surface area contributed by atoms with Crippen LogP contribution in [0.5, 0.6) is 0 Å². The average molecular weight is 323 g/mol. The van der Waals surface area contributed by atoms with Crippen molar-refractivity contribution in [1.82, 2.24) is 10.3 Å². The fourth-order valence-corrected chi connectivity index (χ4v) is 2.36. The van der Waals surface area contributed by atoms with Gasteiger partial charge in [0, 0.05) is 19.3 Å². The molecule has 2 aromatic rings. The van der Waals surface area contributed by atoms with Gasteiger partial charge in [0.25, 0.3) is 0 Å². The Bertz CT molecular complexity index is 558. The van der Waals surface area contributed by atoms with Crippen molar-refractivity contribution >= 4 is 15.9 Å². The van der Waals surface area contributed by atoms with Crippen LogP contribution < -0.4 is 5.32 Å². The quantitative estimate of drug-likeness (QED) is 0.904. The second-order valence-corrected chi connectivity index (χ2v) is 5.07. The molecular weight excluding hydrogens is 307 g/mol. The molecule has 19 heavy (non-hydrogen) atoms. The molecule has 0 saturated carbocycles. The van der Waals surface area contributed by atoms with Gasteiger partial charge in [0.2, 0.25) is 0 Å². The topological polar surface area (TPSA) is 24.9 Å². The van der Waals surface area contributed by atoms with Crippen LogP contribution in [0.25, 0.3) is 0 Å². The van der Waals surface area contributed by atoms with Crippen molar-refractivity contribution in [3.05, 3.63) is 63.6 Å². The molecular formula is C15H16BrFN2. The predicted octanol–water partition coefficient (Wildman–Crippen LogP) is 3.84. The number of halogens is 2. The summed E-state index contributed by atoms with van der Waals surface area (Å²) in [5, 5.41) is 3.30. The van der Waals surface area contributed by atoms with E-state index in [1.54, 1.807) is 12.3 Å². The van der Waals surface area contributed by atoms with Crippen LogP contribution in [0.1, 0.15) is 23.7 Å². The summed E-state index contributed by atoms with van der Waals surface area (Å²) in [6.45, 7) is 3.41. The van der Waals surface area contributed by atoms with E-state index in [4.69, 9.17) is 0 Å². The lowest BCUT2D eigenvalue weighted by atomic mass is 10.1. The van der Waals surface area contributed by atoms with E-state index in [1.165, 1.54) is 11.6 Å². The maximum absolute atomic E-state index is 13.4. The molecule has 2 nitrogen and oxygen atoms in total. The number of benzene rings is 1. The van der Waals surface area contributed by atoms with E-state index < -0.39 is 0 Å². The van der Waals surface area contributed by atoms with E-state index >= 15 is 0 Å². The first-order valence-corrected chi connectivity index (χ1v) is 7.08. The number of hydrogen-bond donors (Lipinski definition) is 1. The Morgan fingerprint density at radius 3 is 2.74 bits per heavy atom. The molecule has 0 saturated heterocycles. The highest BCUT2D eigenvalue weighted by Crippen LogP contribution is 2.20. The number of aryl methyl sites for hydroxylation is 1. The number of pyridine rings is 1. The lowest BCUT2D eigenvalue weighted by Crippen LogP contribution is -2.15. The maximum atomic E-state index is 13.4. The molecule has 1 N–H and O–H groups in total. The molecule has 1 aromatic carbocycles. The Hall–Kier alpha value is -1.26. The number of nitrogens with zero attached hydrogens (tertiary/aromatic N) is 1. The summed E-state index contributed by atoms with van der Waals surface area (Å²) in [4.78, 5) is 4.37. The monoisotopic (exact) mass is 322 g/mol. The van der Waals surface area contributed by atoms with Crippen LogP contribution in [0.3, 0.4) is 0 Å². The van der Waals surface area contributed by atoms with Crippen molar-refractivity contribution in [2.45, 2.75) is 26.4 Å². The van der Waals surface area contributed by atoms with Gasteiger partial charge < -0.3 is 5.32 Å². The molecule has 0 aliphatic carbocycles. The van der Waals surface area contributed by atoms with Gasteiger partial charge in [0.1, 0.15) is 5.82 Å². The van der Waals surface area contributed by atoms with E-state index in [9.17, 15) is 4.39 Å². The van der Waals surface area contributed by atoms with E-state index in [1.807, 2.05) is 12.1 Å². The molecule has 0 radical (unpaired) electrons. The van der Waals surface area contributed by atoms with Crippen LogP contribution in [0.2, 0.25) is 0 Å². The van der Waals surface area contributed by atoms with Crippen LogP contribution in [0, 0.1) is 5.82 Å². The van der Waals surface area contributed by atoms with E-state index in [-0.39, 0.29) is 5.82 Å². The molecule has 1 aromatic heterocycles. The molecule has 0 aliphatic heterocycles. The van der Waals surface area contributed by atoms with Gasteiger partial charge in [-0.25, -0.2) is 4.39 Å². The van der Waals surface area contributed by atoms with Gasteiger partial charge in [-0.05, 0) is 45.6 Å². The third kappa shape index (κ3) is 3.61. The number of rotatable bonds is 5. The van der Waals surface area contributed by atoms with Gasteiger partial charge in [-0.2, -0.15) is 0 Å². The van der Waals surface area contributed by atoms with Gasteiger partial charge in [0.15, 0.2) is 0 Å². The fraction of sp³-hybridized carbons (Fsp3) is 0.267. The largest absolute Gasteiger partial charge is 0.307 e. The second kappa shape index (κ2) is 6.78. The molecule has 0 bridgehead atoms. The van der Waals surface area contributed by atoms with E-state index in [0.717, 1.165) is 17.7 Å². The van der Waals surface area contributed by atoms with Crippen LogP contribution in [-0.2, 0) is 19.5 Å². The number of aromatic nitrogens is 1. The summed E-state index contributed by atoms with van der Waals surface area (Å²) >= 11 is 3.26. The predicted molar refractivity (Wildman–Crippen MR) is 78.3 cm³/mol. The van der Waals surface area contributed by atoms with Crippen molar-refractivity contribution in [3.63, 3.8) is 0 Å². The Balaban J connectivity index is 1.98. The molecule has 0 spiro atoms. The smallest absolute Gasteiger partial charge is 0.137 e. The molecule has 4 heteroatoms. The normalized spacial score (nSPS) is 10.7. The minimum Gasteiger partial charge on any atom is -0.307 e. The number of nitrogens with one attached hydrogen (secondary N) is 1. The third-order valence-corrected chi connectivity index (χ3v) is 3.89. The fourth-order valence-electron chi connectivity index (χ4n) is 1.95. The Labute approximate surface area is 121 Å². The molecule has 2 rings (SSSR count). The Morgan fingerprint density at radius 2 is 1.95 bits per heavy atom. The summed E-state index contributed by atoms with van der Waals surface area (Å²) in [6.07, 6.45) is 2.77. The molecule has 1 heterocycles. The highest BCUT2D eigenvalue weighted by Gasteiger charge is 2.05. The van der Waals surface area contributed by atoms with Crippen LogP contribution >= 0.6 is 15.9 Å². The minimum absolute atomic E-state index is 0.230. The lowest BCUT2D eigenvalue weighted by Gasteiger charge is -2.09. The molecule has 0 fully saturated rings. The van der Waals surface area contributed by atoms with Gasteiger partial charge in [-0.1, -0.05) is 25.1 Å². The van der Waals surface area contributed by atoms with E-state index in [2.05, 4.69) is 39.2 Å². The highest BCUT2D eigenvalue weighted by molar-refractivity contribution is 9.10. The first kappa shape index (κ1) is 14.2. The zero-order valence-corrected chi connectivity index (χ0v) is 12.4. The zero-order valence-electron chi connectivity index (χ0n) is 10.8. The van der Waals surface area contributed by atoms with E-state index in [0.29, 0.717) is 17.6 Å². The van der Waals surface area contributed by atoms with Crippen molar-refractivity contribution in [1.29, 1.82) is 0 Å². The van der Waals surface area contributed by atoms with Gasteiger partial charge in [-0.15, -0.1) is 0 Å². The Kier molecular flexibility index (Phi) is 5.05. The lowest BCUT2D eigenvalue weighted by molar-refractivity contribution is 0.610. The maximum Gasteiger partial charge on any atom is 0.137 e. The summed E-state index contributed by atoms with van der Waals surface area (Å²) in [5.41, 5.74) is 3.21. The summed E-state index contributed by atoms with van der Waals surface area (Å²) in [7, 11) is 0. The van der Waals surface area contributed by atoms with Gasteiger partial charge in [-0.3, -0.25) is 4.98 Å².